The van der Waals surface area contributed by atoms with Gasteiger partial charge in [0.1, 0.15) is 5.78 Å². The molecule has 0 heterocycles. The number of nitrogens with zero attached hydrogens (tertiary/aromatic N) is 3. The van der Waals surface area contributed by atoms with Gasteiger partial charge in [-0.15, -0.1) is 0 Å². The molecule has 0 fully saturated rings. The third-order valence-electron chi connectivity index (χ3n) is 4.74. The first-order valence-corrected chi connectivity index (χ1v) is 7.11. The Labute approximate surface area is 125 Å². The molecule has 0 aliphatic heterocycles. The van der Waals surface area contributed by atoms with Crippen molar-refractivity contribution in [1.82, 2.24) is 0 Å². The van der Waals surface area contributed by atoms with Gasteiger partial charge in [-0.25, -0.2) is 0 Å². The summed E-state index contributed by atoms with van der Waals surface area (Å²) in [4.78, 5) is 12.2. The van der Waals surface area contributed by atoms with Crippen LogP contribution in [0.4, 0.5) is 0 Å². The molecule has 0 amide bonds. The number of carbonyl (C=O) groups excluding carboxylic acids is 1. The molecule has 1 rings (SSSR count). The second-order valence-corrected chi connectivity index (χ2v) is 5.74. The number of hydrogen-bond donors (Lipinski definition) is 1. The highest BCUT2D eigenvalue weighted by molar-refractivity contribution is 5.88. The van der Waals surface area contributed by atoms with Gasteiger partial charge in [-0.1, -0.05) is 26.2 Å². The minimum Gasteiger partial charge on any atom is -0.400 e. The Morgan fingerprint density at radius 1 is 1.29 bits per heavy atom. The summed E-state index contributed by atoms with van der Waals surface area (Å²) < 4.78 is 0. The summed E-state index contributed by atoms with van der Waals surface area (Å²) in [7, 11) is 0. The van der Waals surface area contributed by atoms with Crippen molar-refractivity contribution in [3.8, 4) is 18.2 Å². The summed E-state index contributed by atoms with van der Waals surface area (Å²) in [5.74, 6) is -0.777. The Balaban J connectivity index is 3.49. The Morgan fingerprint density at radius 2 is 1.86 bits per heavy atom. The fraction of sp³-hybridized carbons (Fsp3) is 0.625. The van der Waals surface area contributed by atoms with Crippen LogP contribution in [0.3, 0.4) is 0 Å². The summed E-state index contributed by atoms with van der Waals surface area (Å²) in [6.07, 6.45) is 3.25. The van der Waals surface area contributed by atoms with Crippen LogP contribution in [0.5, 0.6) is 0 Å². The highest BCUT2D eigenvalue weighted by atomic mass is 16.1. The Hall–Kier alpha value is -2.32. The number of nitriles is 3. The third kappa shape index (κ3) is 2.18. The molecule has 110 valence electrons. The van der Waals surface area contributed by atoms with Crippen molar-refractivity contribution < 1.29 is 4.79 Å². The van der Waals surface area contributed by atoms with Gasteiger partial charge in [-0.3, -0.25) is 4.79 Å². The van der Waals surface area contributed by atoms with Crippen LogP contribution in [0, 0.1) is 50.7 Å². The number of rotatable bonds is 5. The van der Waals surface area contributed by atoms with Gasteiger partial charge in [0.2, 0.25) is 0 Å². The van der Waals surface area contributed by atoms with Crippen LogP contribution in [-0.2, 0) is 4.79 Å². The van der Waals surface area contributed by atoms with Crippen molar-refractivity contribution in [2.24, 2.45) is 22.5 Å². The molecule has 0 aromatic heterocycles. The quantitative estimate of drug-likeness (QED) is 0.779. The lowest BCUT2D eigenvalue weighted by Crippen LogP contribution is -2.40. The minimum atomic E-state index is -1.62. The molecule has 0 saturated heterocycles. The van der Waals surface area contributed by atoms with Gasteiger partial charge in [0.25, 0.3) is 0 Å². The van der Waals surface area contributed by atoms with Crippen LogP contribution in [0.2, 0.25) is 0 Å². The van der Waals surface area contributed by atoms with Crippen LogP contribution in [0.15, 0.2) is 11.3 Å². The fourth-order valence-electron chi connectivity index (χ4n) is 3.25. The molecule has 5 nitrogen and oxygen atoms in total. The number of hydrogen-bond acceptors (Lipinski definition) is 5. The molecule has 1 aliphatic carbocycles. The molecule has 0 spiro atoms. The smallest absolute Gasteiger partial charge is 0.184 e. The average Bonchev–Trinajstić information content (AvgIpc) is 2.66. The van der Waals surface area contributed by atoms with Crippen molar-refractivity contribution in [3.05, 3.63) is 11.3 Å². The van der Waals surface area contributed by atoms with Crippen LogP contribution in [0.25, 0.3) is 0 Å². The van der Waals surface area contributed by atoms with E-state index in [9.17, 15) is 20.6 Å². The lowest BCUT2D eigenvalue weighted by atomic mass is 9.64. The monoisotopic (exact) mass is 284 g/mol. The zero-order chi connectivity index (χ0) is 16.3. The van der Waals surface area contributed by atoms with E-state index in [0.29, 0.717) is 6.42 Å². The SMILES string of the molecule is CCCCC[C@H]1C(C#N)(C#N)C(C#N)=C(N)[C@@]1(C)C(C)=O. The van der Waals surface area contributed by atoms with E-state index in [0.717, 1.165) is 19.3 Å². The Kier molecular flexibility index (Phi) is 4.77. The molecule has 0 aromatic carbocycles. The molecule has 2 N–H and O–H groups in total. The summed E-state index contributed by atoms with van der Waals surface area (Å²) in [6, 6.07) is 5.84. The van der Waals surface area contributed by atoms with E-state index in [1.54, 1.807) is 6.92 Å². The van der Waals surface area contributed by atoms with Crippen LogP contribution >= 0.6 is 0 Å². The molecule has 21 heavy (non-hydrogen) atoms. The molecule has 5 heteroatoms. The van der Waals surface area contributed by atoms with Gasteiger partial charge in [0.05, 0.1) is 29.2 Å². The van der Waals surface area contributed by atoms with E-state index in [2.05, 4.69) is 0 Å². The number of Topliss-reactive ketones (excluding diaryl/α,β-unsaturated/α-hetero) is 1. The Bertz CT molecular complexity index is 585. The standard InChI is InChI=1S/C16H20N4O/c1-4-5-6-7-13-15(3,11(2)21)14(20)12(8-17)16(13,9-18)10-19/h13H,4-7,20H2,1-3H3/t13-,15+/m1/s1. The number of carbonyl (C=O) groups is 1. The maximum Gasteiger partial charge on any atom is 0.184 e. The van der Waals surface area contributed by atoms with Crippen molar-refractivity contribution >= 4 is 5.78 Å². The molecule has 0 saturated carbocycles. The number of ketones is 1. The summed E-state index contributed by atoms with van der Waals surface area (Å²) in [6.45, 7) is 5.10. The van der Waals surface area contributed by atoms with E-state index < -0.39 is 16.7 Å². The first-order valence-electron chi connectivity index (χ1n) is 7.11. The average molecular weight is 284 g/mol. The predicted octanol–water partition coefficient (Wildman–Crippen LogP) is 2.56. The second kappa shape index (κ2) is 5.98. The first kappa shape index (κ1) is 16.7. The second-order valence-electron chi connectivity index (χ2n) is 5.74. The van der Waals surface area contributed by atoms with Crippen LogP contribution < -0.4 is 5.73 Å². The van der Waals surface area contributed by atoms with E-state index in [1.165, 1.54) is 6.92 Å². The van der Waals surface area contributed by atoms with Crippen molar-refractivity contribution in [1.29, 1.82) is 15.8 Å². The zero-order valence-electron chi connectivity index (χ0n) is 12.7. The summed E-state index contributed by atoms with van der Waals surface area (Å²) >= 11 is 0. The lowest BCUT2D eigenvalue weighted by molar-refractivity contribution is -0.126. The van der Waals surface area contributed by atoms with Crippen LogP contribution in [0.1, 0.15) is 46.5 Å². The lowest BCUT2D eigenvalue weighted by Gasteiger charge is -2.34. The van der Waals surface area contributed by atoms with Crippen molar-refractivity contribution in [2.45, 2.75) is 46.5 Å². The predicted molar refractivity (Wildman–Crippen MR) is 76.9 cm³/mol. The largest absolute Gasteiger partial charge is 0.400 e. The highest BCUT2D eigenvalue weighted by Crippen LogP contribution is 2.57. The fourth-order valence-corrected chi connectivity index (χ4v) is 3.25. The van der Waals surface area contributed by atoms with Gasteiger partial charge < -0.3 is 5.73 Å². The molecule has 2 atom stereocenters. The van der Waals surface area contributed by atoms with Crippen molar-refractivity contribution in [3.63, 3.8) is 0 Å². The van der Waals surface area contributed by atoms with E-state index >= 15 is 0 Å². The van der Waals surface area contributed by atoms with E-state index in [1.807, 2.05) is 25.1 Å². The molecule has 0 unspecified atom stereocenters. The molecule has 1 aliphatic rings. The normalized spacial score (nSPS) is 26.8. The summed E-state index contributed by atoms with van der Waals surface area (Å²) in [5.41, 5.74) is 3.32. The maximum atomic E-state index is 12.2. The molecular formula is C16H20N4O. The number of allylic oxidation sites excluding steroid dienone is 2. The number of nitrogens with two attached hydrogens (primary N) is 1. The van der Waals surface area contributed by atoms with Gasteiger partial charge in [-0.05, 0) is 20.3 Å². The Morgan fingerprint density at radius 3 is 2.24 bits per heavy atom. The highest BCUT2D eigenvalue weighted by Gasteiger charge is 2.62. The minimum absolute atomic E-state index is 0.0494. The third-order valence-corrected chi connectivity index (χ3v) is 4.74. The van der Waals surface area contributed by atoms with Crippen LogP contribution in [-0.4, -0.2) is 5.78 Å². The topological polar surface area (TPSA) is 114 Å². The van der Waals surface area contributed by atoms with Gasteiger partial charge >= 0.3 is 0 Å². The zero-order valence-corrected chi connectivity index (χ0v) is 12.7. The van der Waals surface area contributed by atoms with E-state index in [4.69, 9.17) is 5.73 Å². The molecular weight excluding hydrogens is 264 g/mol. The van der Waals surface area contributed by atoms with Gasteiger partial charge in [0.15, 0.2) is 5.41 Å². The number of unbranched alkanes of at least 4 members (excludes halogenated alkanes) is 2. The molecule has 0 aromatic rings. The first-order chi connectivity index (χ1) is 9.86. The molecule has 0 radical (unpaired) electrons. The van der Waals surface area contributed by atoms with Gasteiger partial charge in [-0.2, -0.15) is 15.8 Å². The molecule has 0 bridgehead atoms. The van der Waals surface area contributed by atoms with Crippen molar-refractivity contribution in [2.75, 3.05) is 0 Å². The van der Waals surface area contributed by atoms with E-state index in [-0.39, 0.29) is 17.1 Å². The summed E-state index contributed by atoms with van der Waals surface area (Å²) in [5, 5.41) is 28.4. The maximum absolute atomic E-state index is 12.2. The van der Waals surface area contributed by atoms with Gasteiger partial charge in [0, 0.05) is 11.6 Å².